The summed E-state index contributed by atoms with van der Waals surface area (Å²) in [5.74, 6) is 2.39. The molecule has 29 heavy (non-hydrogen) atoms. The molecule has 0 fully saturated rings. The van der Waals surface area contributed by atoms with Gasteiger partial charge in [-0.15, -0.1) is 10.2 Å². The van der Waals surface area contributed by atoms with E-state index in [4.69, 9.17) is 13.7 Å². The van der Waals surface area contributed by atoms with Crippen LogP contribution in [-0.4, -0.2) is 26.9 Å². The molecule has 4 aromatic rings. The number of benzene rings is 2. The zero-order valence-corrected chi connectivity index (χ0v) is 16.0. The molecule has 7 nitrogen and oxygen atoms in total. The van der Waals surface area contributed by atoms with Crippen LogP contribution in [0.15, 0.2) is 57.5 Å². The van der Waals surface area contributed by atoms with Crippen molar-refractivity contribution >= 4 is 0 Å². The van der Waals surface area contributed by atoms with Crippen LogP contribution in [0.2, 0.25) is 0 Å². The molecular formula is C21H19FN4O3. The normalized spacial score (nSPS) is 11.2. The number of nitrogens with zero attached hydrogens (tertiary/aromatic N) is 4. The van der Waals surface area contributed by atoms with Gasteiger partial charge in [0.25, 0.3) is 0 Å². The van der Waals surface area contributed by atoms with Gasteiger partial charge in [-0.2, -0.15) is 4.98 Å². The van der Waals surface area contributed by atoms with Crippen LogP contribution in [-0.2, 0) is 6.42 Å². The lowest BCUT2D eigenvalue weighted by Crippen LogP contribution is -2.04. The average molecular weight is 394 g/mol. The van der Waals surface area contributed by atoms with Gasteiger partial charge in [-0.3, -0.25) is 0 Å². The van der Waals surface area contributed by atoms with Crippen LogP contribution in [0.4, 0.5) is 4.39 Å². The van der Waals surface area contributed by atoms with Gasteiger partial charge in [-0.05, 0) is 54.4 Å². The van der Waals surface area contributed by atoms with Crippen molar-refractivity contribution in [1.82, 2.24) is 20.3 Å². The molecule has 0 aliphatic rings. The van der Waals surface area contributed by atoms with Gasteiger partial charge in [0.2, 0.25) is 23.5 Å². The van der Waals surface area contributed by atoms with E-state index in [-0.39, 0.29) is 12.2 Å². The number of ether oxygens (including phenoxy) is 1. The van der Waals surface area contributed by atoms with Crippen molar-refractivity contribution in [3.63, 3.8) is 0 Å². The number of halogens is 1. The minimum Gasteiger partial charge on any atom is -0.493 e. The second kappa shape index (κ2) is 8.22. The second-order valence-corrected chi connectivity index (χ2v) is 6.93. The molecule has 0 amide bonds. The molecule has 2 heterocycles. The molecule has 148 valence electrons. The first-order valence-corrected chi connectivity index (χ1v) is 9.21. The smallest absolute Gasteiger partial charge is 0.247 e. The highest BCUT2D eigenvalue weighted by atomic mass is 19.1. The van der Waals surface area contributed by atoms with Crippen LogP contribution in [0.5, 0.6) is 5.75 Å². The molecule has 0 saturated heterocycles. The van der Waals surface area contributed by atoms with Crippen molar-refractivity contribution in [2.75, 3.05) is 6.61 Å². The maximum Gasteiger partial charge on any atom is 0.247 e. The van der Waals surface area contributed by atoms with Gasteiger partial charge in [0, 0.05) is 11.1 Å². The molecule has 8 heteroatoms. The standard InChI is InChI=1S/C21H19FN4O3/c1-13(2)12-27-17-9-5-14(6-10-17)20-23-18(29-26-20)11-19-24-25-21(28-19)15-3-7-16(22)8-4-15/h3-10,13H,11-12H2,1-2H3. The molecule has 0 spiro atoms. The zero-order chi connectivity index (χ0) is 20.2. The van der Waals surface area contributed by atoms with Crippen molar-refractivity contribution in [2.24, 2.45) is 5.92 Å². The third-order valence-electron chi connectivity index (χ3n) is 4.02. The quantitative estimate of drug-likeness (QED) is 0.454. The Morgan fingerprint density at radius 1 is 0.931 bits per heavy atom. The Bertz CT molecular complexity index is 1070. The van der Waals surface area contributed by atoms with Crippen molar-refractivity contribution in [1.29, 1.82) is 0 Å². The Balaban J connectivity index is 1.42. The summed E-state index contributed by atoms with van der Waals surface area (Å²) in [6, 6.07) is 13.3. The summed E-state index contributed by atoms with van der Waals surface area (Å²) >= 11 is 0. The van der Waals surface area contributed by atoms with Crippen molar-refractivity contribution in [2.45, 2.75) is 20.3 Å². The Kier molecular flexibility index (Phi) is 5.33. The number of rotatable bonds is 7. The van der Waals surface area contributed by atoms with Crippen molar-refractivity contribution in [3.05, 3.63) is 66.1 Å². The van der Waals surface area contributed by atoms with Crippen LogP contribution >= 0.6 is 0 Å². The SMILES string of the molecule is CC(C)COc1ccc(-c2noc(Cc3nnc(-c4ccc(F)cc4)o3)n2)cc1. The minimum absolute atomic E-state index is 0.205. The predicted molar refractivity (Wildman–Crippen MR) is 103 cm³/mol. The first kappa shape index (κ1) is 18.8. The summed E-state index contributed by atoms with van der Waals surface area (Å²) in [5.41, 5.74) is 1.45. The van der Waals surface area contributed by atoms with Gasteiger partial charge in [-0.25, -0.2) is 4.39 Å². The van der Waals surface area contributed by atoms with Gasteiger partial charge >= 0.3 is 0 Å². The van der Waals surface area contributed by atoms with Gasteiger partial charge in [0.05, 0.1) is 6.61 Å². The Labute approximate surface area is 166 Å². The molecule has 0 unspecified atom stereocenters. The highest BCUT2D eigenvalue weighted by Gasteiger charge is 2.14. The van der Waals surface area contributed by atoms with E-state index in [9.17, 15) is 4.39 Å². The molecule has 0 bridgehead atoms. The number of hydrogen-bond donors (Lipinski definition) is 0. The first-order valence-electron chi connectivity index (χ1n) is 9.21. The summed E-state index contributed by atoms with van der Waals surface area (Å²) in [5, 5.41) is 12.0. The fraction of sp³-hybridized carbons (Fsp3) is 0.238. The number of hydrogen-bond acceptors (Lipinski definition) is 7. The van der Waals surface area contributed by atoms with E-state index in [1.165, 1.54) is 12.1 Å². The van der Waals surface area contributed by atoms with E-state index in [1.807, 2.05) is 24.3 Å². The monoisotopic (exact) mass is 394 g/mol. The Morgan fingerprint density at radius 3 is 2.38 bits per heavy atom. The summed E-state index contributed by atoms with van der Waals surface area (Å²) in [4.78, 5) is 4.38. The third kappa shape index (κ3) is 4.66. The lowest BCUT2D eigenvalue weighted by molar-refractivity contribution is 0.271. The molecule has 2 aromatic carbocycles. The van der Waals surface area contributed by atoms with Crippen LogP contribution in [0.3, 0.4) is 0 Å². The van der Waals surface area contributed by atoms with Crippen LogP contribution in [0.1, 0.15) is 25.6 Å². The van der Waals surface area contributed by atoms with Gasteiger partial charge in [0.15, 0.2) is 0 Å². The molecular weight excluding hydrogens is 375 g/mol. The minimum atomic E-state index is -0.327. The average Bonchev–Trinajstić information content (AvgIpc) is 3.38. The first-order chi connectivity index (χ1) is 14.1. The maximum atomic E-state index is 13.0. The topological polar surface area (TPSA) is 87.1 Å². The zero-order valence-electron chi connectivity index (χ0n) is 16.0. The fourth-order valence-corrected chi connectivity index (χ4v) is 2.57. The number of aromatic nitrogens is 4. The summed E-state index contributed by atoms with van der Waals surface area (Å²) in [6.07, 6.45) is 0.205. The largest absolute Gasteiger partial charge is 0.493 e. The molecule has 4 rings (SSSR count). The Hall–Kier alpha value is -3.55. The van der Waals surface area contributed by atoms with E-state index < -0.39 is 0 Å². The van der Waals surface area contributed by atoms with Crippen molar-refractivity contribution < 1.29 is 18.1 Å². The summed E-state index contributed by atoms with van der Waals surface area (Å²) in [6.45, 7) is 4.86. The molecule has 0 aliphatic heterocycles. The van der Waals surface area contributed by atoms with Crippen LogP contribution in [0.25, 0.3) is 22.8 Å². The fourth-order valence-electron chi connectivity index (χ4n) is 2.57. The molecule has 0 atom stereocenters. The van der Waals surface area contributed by atoms with Crippen LogP contribution < -0.4 is 4.74 Å². The highest BCUT2D eigenvalue weighted by molar-refractivity contribution is 5.55. The van der Waals surface area contributed by atoms with Gasteiger partial charge in [0.1, 0.15) is 18.0 Å². The maximum absolute atomic E-state index is 13.0. The van der Waals surface area contributed by atoms with E-state index in [2.05, 4.69) is 34.2 Å². The molecule has 0 radical (unpaired) electrons. The van der Waals surface area contributed by atoms with E-state index >= 15 is 0 Å². The van der Waals surface area contributed by atoms with Gasteiger partial charge in [-0.1, -0.05) is 19.0 Å². The molecule has 0 aliphatic carbocycles. The second-order valence-electron chi connectivity index (χ2n) is 6.93. The molecule has 0 N–H and O–H groups in total. The lowest BCUT2D eigenvalue weighted by Gasteiger charge is -2.08. The molecule has 2 aromatic heterocycles. The predicted octanol–water partition coefficient (Wildman–Crippen LogP) is 4.55. The summed E-state index contributed by atoms with van der Waals surface area (Å²) < 4.78 is 29.6. The lowest BCUT2D eigenvalue weighted by atomic mass is 10.2. The highest BCUT2D eigenvalue weighted by Crippen LogP contribution is 2.22. The Morgan fingerprint density at radius 2 is 1.66 bits per heavy atom. The van der Waals surface area contributed by atoms with Crippen molar-refractivity contribution in [3.8, 4) is 28.6 Å². The van der Waals surface area contributed by atoms with E-state index in [1.54, 1.807) is 12.1 Å². The van der Waals surface area contributed by atoms with Gasteiger partial charge < -0.3 is 13.7 Å². The van der Waals surface area contributed by atoms with E-state index in [0.29, 0.717) is 41.6 Å². The third-order valence-corrected chi connectivity index (χ3v) is 4.02. The van der Waals surface area contributed by atoms with E-state index in [0.717, 1.165) is 11.3 Å². The van der Waals surface area contributed by atoms with Crippen LogP contribution in [0, 0.1) is 11.7 Å². The molecule has 0 saturated carbocycles. The summed E-state index contributed by atoms with van der Waals surface area (Å²) in [7, 11) is 0.